The summed E-state index contributed by atoms with van der Waals surface area (Å²) in [6.07, 6.45) is 1.78. The molecule has 4 heteroatoms. The Hall–Kier alpha value is -1.74. The van der Waals surface area contributed by atoms with Crippen molar-refractivity contribution in [3.8, 4) is 5.75 Å². The first kappa shape index (κ1) is 12.7. The Labute approximate surface area is 112 Å². The summed E-state index contributed by atoms with van der Waals surface area (Å²) in [5, 5.41) is 0.561. The number of pyridine rings is 1. The van der Waals surface area contributed by atoms with Gasteiger partial charge < -0.3 is 9.64 Å². The number of rotatable bonds is 5. The number of benzene rings is 1. The van der Waals surface area contributed by atoms with Crippen LogP contribution in [0.25, 0.3) is 0 Å². The third-order valence-corrected chi connectivity index (χ3v) is 2.69. The van der Waals surface area contributed by atoms with Gasteiger partial charge in [-0.1, -0.05) is 17.7 Å². The third kappa shape index (κ3) is 3.64. The normalized spacial score (nSPS) is 10.1. The SMILES string of the molecule is CN(CCOc1cc[c]c(Cl)c1)c1ccccn1. The Kier molecular flexibility index (Phi) is 4.42. The molecule has 2 rings (SSSR count). The average molecular weight is 262 g/mol. The van der Waals surface area contributed by atoms with Gasteiger partial charge in [0.25, 0.3) is 0 Å². The second-order valence-electron chi connectivity index (χ2n) is 3.83. The molecule has 1 radical (unpaired) electrons. The second-order valence-corrected chi connectivity index (χ2v) is 4.24. The summed E-state index contributed by atoms with van der Waals surface area (Å²) in [7, 11) is 1.98. The van der Waals surface area contributed by atoms with E-state index < -0.39 is 0 Å². The van der Waals surface area contributed by atoms with E-state index >= 15 is 0 Å². The molecule has 0 unspecified atom stereocenters. The van der Waals surface area contributed by atoms with Crippen molar-refractivity contribution in [1.29, 1.82) is 0 Å². The van der Waals surface area contributed by atoms with Gasteiger partial charge in [0.1, 0.15) is 18.2 Å². The molecule has 0 aliphatic heterocycles. The van der Waals surface area contributed by atoms with E-state index in [-0.39, 0.29) is 0 Å². The molecule has 0 amide bonds. The number of halogens is 1. The van der Waals surface area contributed by atoms with Gasteiger partial charge in [-0.25, -0.2) is 4.98 Å². The Bertz CT molecular complexity index is 490. The van der Waals surface area contributed by atoms with E-state index in [1.807, 2.05) is 36.2 Å². The summed E-state index contributed by atoms with van der Waals surface area (Å²) in [6.45, 7) is 1.33. The van der Waals surface area contributed by atoms with E-state index in [0.29, 0.717) is 11.6 Å². The van der Waals surface area contributed by atoms with Crippen molar-refractivity contribution in [1.82, 2.24) is 4.98 Å². The Morgan fingerprint density at radius 1 is 1.39 bits per heavy atom. The molecule has 0 bridgehead atoms. The molecule has 18 heavy (non-hydrogen) atoms. The minimum Gasteiger partial charge on any atom is -0.492 e. The average Bonchev–Trinajstić information content (AvgIpc) is 2.40. The molecule has 0 spiro atoms. The summed E-state index contributed by atoms with van der Waals surface area (Å²) < 4.78 is 5.61. The van der Waals surface area contributed by atoms with E-state index in [0.717, 1.165) is 18.1 Å². The summed E-state index contributed by atoms with van der Waals surface area (Å²) in [4.78, 5) is 6.30. The number of nitrogens with zero attached hydrogens (tertiary/aromatic N) is 2. The maximum absolute atomic E-state index is 5.83. The van der Waals surface area contributed by atoms with Crippen LogP contribution in [0.3, 0.4) is 0 Å². The summed E-state index contributed by atoms with van der Waals surface area (Å²) in [5.41, 5.74) is 0. The van der Waals surface area contributed by atoms with Crippen molar-refractivity contribution < 1.29 is 4.74 Å². The molecule has 93 valence electrons. The first-order valence-electron chi connectivity index (χ1n) is 5.68. The molecule has 0 atom stereocenters. The lowest BCUT2D eigenvalue weighted by Crippen LogP contribution is -2.24. The van der Waals surface area contributed by atoms with Crippen molar-refractivity contribution in [2.45, 2.75) is 0 Å². The number of likely N-dealkylation sites (N-methyl/N-ethyl adjacent to an activating group) is 1. The van der Waals surface area contributed by atoms with Crippen LogP contribution in [0.4, 0.5) is 5.82 Å². The molecule has 3 nitrogen and oxygen atoms in total. The number of aromatic nitrogens is 1. The van der Waals surface area contributed by atoms with Crippen LogP contribution < -0.4 is 9.64 Å². The largest absolute Gasteiger partial charge is 0.492 e. The fraction of sp³-hybridized carbons (Fsp3) is 0.214. The minimum atomic E-state index is 0.561. The zero-order valence-corrected chi connectivity index (χ0v) is 10.9. The van der Waals surface area contributed by atoms with Crippen LogP contribution >= 0.6 is 11.6 Å². The highest BCUT2D eigenvalue weighted by Crippen LogP contribution is 2.16. The van der Waals surface area contributed by atoms with E-state index in [4.69, 9.17) is 16.3 Å². The van der Waals surface area contributed by atoms with Crippen LogP contribution in [0.2, 0.25) is 5.02 Å². The van der Waals surface area contributed by atoms with Gasteiger partial charge in [0, 0.05) is 19.3 Å². The van der Waals surface area contributed by atoms with Gasteiger partial charge in [0.2, 0.25) is 0 Å². The lowest BCUT2D eigenvalue weighted by atomic mass is 10.3. The van der Waals surface area contributed by atoms with Crippen LogP contribution in [-0.4, -0.2) is 25.2 Å². The van der Waals surface area contributed by atoms with Crippen LogP contribution in [0.1, 0.15) is 0 Å². The lowest BCUT2D eigenvalue weighted by molar-refractivity contribution is 0.325. The molecular formula is C14H14ClN2O. The van der Waals surface area contributed by atoms with Gasteiger partial charge in [-0.3, -0.25) is 0 Å². The van der Waals surface area contributed by atoms with E-state index in [1.165, 1.54) is 0 Å². The zero-order valence-electron chi connectivity index (χ0n) is 10.1. The van der Waals surface area contributed by atoms with Crippen molar-refractivity contribution in [3.63, 3.8) is 0 Å². The van der Waals surface area contributed by atoms with Crippen molar-refractivity contribution in [2.75, 3.05) is 25.1 Å². The maximum atomic E-state index is 5.83. The molecule has 0 fully saturated rings. The standard InChI is InChI=1S/C14H14ClN2O/c1-17(14-7-2-3-8-16-14)9-10-18-13-6-4-5-12(15)11-13/h2-4,6-8,11H,9-10H2,1H3. The molecule has 2 aromatic rings. The van der Waals surface area contributed by atoms with Gasteiger partial charge >= 0.3 is 0 Å². The predicted molar refractivity (Wildman–Crippen MR) is 73.3 cm³/mol. The molecule has 0 saturated carbocycles. The number of hydrogen-bond donors (Lipinski definition) is 0. The number of anilines is 1. The topological polar surface area (TPSA) is 25.4 Å². The van der Waals surface area contributed by atoms with Crippen LogP contribution in [0.5, 0.6) is 5.75 Å². The highest BCUT2D eigenvalue weighted by Gasteiger charge is 2.01. The second kappa shape index (κ2) is 6.26. The Morgan fingerprint density at radius 2 is 2.28 bits per heavy atom. The molecule has 1 heterocycles. The summed E-state index contributed by atoms with van der Waals surface area (Å²) >= 11 is 5.83. The molecule has 0 aliphatic carbocycles. The fourth-order valence-corrected chi connectivity index (χ4v) is 1.67. The molecule has 1 aromatic carbocycles. The molecule has 0 saturated heterocycles. The van der Waals surface area contributed by atoms with Gasteiger partial charge in [-0.05, 0) is 30.3 Å². The van der Waals surface area contributed by atoms with E-state index in [2.05, 4.69) is 11.1 Å². The van der Waals surface area contributed by atoms with Crippen molar-refractivity contribution in [3.05, 3.63) is 53.7 Å². The van der Waals surface area contributed by atoms with E-state index in [9.17, 15) is 0 Å². The maximum Gasteiger partial charge on any atom is 0.128 e. The van der Waals surface area contributed by atoms with Gasteiger partial charge in [-0.15, -0.1) is 0 Å². The highest BCUT2D eigenvalue weighted by atomic mass is 35.5. The smallest absolute Gasteiger partial charge is 0.128 e. The highest BCUT2D eigenvalue weighted by molar-refractivity contribution is 6.30. The quantitative estimate of drug-likeness (QED) is 0.827. The first-order valence-corrected chi connectivity index (χ1v) is 6.06. The molecule has 0 aliphatic rings. The first-order chi connectivity index (χ1) is 8.75. The van der Waals surface area contributed by atoms with E-state index in [1.54, 1.807) is 18.3 Å². The van der Waals surface area contributed by atoms with Gasteiger partial charge in [0.05, 0.1) is 11.6 Å². The summed E-state index contributed by atoms with van der Waals surface area (Å²) in [6, 6.07) is 14.0. The zero-order chi connectivity index (χ0) is 12.8. The Balaban J connectivity index is 1.82. The molecular weight excluding hydrogens is 248 g/mol. The van der Waals surface area contributed by atoms with Crippen LogP contribution in [-0.2, 0) is 0 Å². The van der Waals surface area contributed by atoms with Crippen molar-refractivity contribution >= 4 is 17.4 Å². The lowest BCUT2D eigenvalue weighted by Gasteiger charge is -2.18. The minimum absolute atomic E-state index is 0.561. The number of hydrogen-bond acceptors (Lipinski definition) is 3. The van der Waals surface area contributed by atoms with Crippen LogP contribution in [0, 0.1) is 6.07 Å². The number of ether oxygens (including phenoxy) is 1. The molecule has 1 aromatic heterocycles. The monoisotopic (exact) mass is 261 g/mol. The van der Waals surface area contributed by atoms with Gasteiger partial charge in [0.15, 0.2) is 0 Å². The van der Waals surface area contributed by atoms with Crippen LogP contribution in [0.15, 0.2) is 42.6 Å². The third-order valence-electron chi connectivity index (χ3n) is 2.47. The molecule has 0 N–H and O–H groups in total. The van der Waals surface area contributed by atoms with Gasteiger partial charge in [-0.2, -0.15) is 0 Å². The Morgan fingerprint density at radius 3 is 3.00 bits per heavy atom. The summed E-state index contributed by atoms with van der Waals surface area (Å²) in [5.74, 6) is 1.69. The van der Waals surface area contributed by atoms with Crippen molar-refractivity contribution in [2.24, 2.45) is 0 Å². The fourth-order valence-electron chi connectivity index (χ4n) is 1.50. The predicted octanol–water partition coefficient (Wildman–Crippen LogP) is 3.05.